The first-order valence-electron chi connectivity index (χ1n) is 9.70. The molecule has 0 N–H and O–H groups in total. The lowest BCUT2D eigenvalue weighted by Gasteiger charge is -2.43. The van der Waals surface area contributed by atoms with E-state index in [9.17, 15) is 8.42 Å². The molecule has 3 fully saturated rings. The van der Waals surface area contributed by atoms with Gasteiger partial charge in [0.05, 0.1) is 23.7 Å². The zero-order chi connectivity index (χ0) is 17.4. The summed E-state index contributed by atoms with van der Waals surface area (Å²) >= 11 is 0. The Labute approximate surface area is 150 Å². The van der Waals surface area contributed by atoms with E-state index in [-0.39, 0.29) is 17.8 Å². The quantitative estimate of drug-likeness (QED) is 0.811. The fraction of sp³-hybridized carbons (Fsp3) is 0.833. The van der Waals surface area contributed by atoms with Crippen LogP contribution in [0, 0.1) is 0 Å². The molecule has 2 saturated heterocycles. The fourth-order valence-corrected chi connectivity index (χ4v) is 6.92. The lowest BCUT2D eigenvalue weighted by atomic mass is 9.87. The Morgan fingerprint density at radius 3 is 2.52 bits per heavy atom. The van der Waals surface area contributed by atoms with Crippen molar-refractivity contribution in [3.63, 3.8) is 0 Å². The highest BCUT2D eigenvalue weighted by molar-refractivity contribution is 7.91. The molecule has 2 atom stereocenters. The molecular formula is C18H29N3O3S. The van der Waals surface area contributed by atoms with Gasteiger partial charge in [-0.15, -0.1) is 0 Å². The SMILES string of the molecule is CCN1CCN(Cc2cc(C3CCCCC3)no2)[C@@H]2CS(=O)(=O)C[C@@H]21. The van der Waals surface area contributed by atoms with Gasteiger partial charge in [-0.1, -0.05) is 31.3 Å². The molecule has 2 aliphatic heterocycles. The van der Waals surface area contributed by atoms with Gasteiger partial charge in [0.2, 0.25) is 0 Å². The molecule has 0 amide bonds. The van der Waals surface area contributed by atoms with Crippen LogP contribution < -0.4 is 0 Å². The number of likely N-dealkylation sites (N-methyl/N-ethyl adjacent to an activating group) is 1. The van der Waals surface area contributed by atoms with Crippen LogP contribution >= 0.6 is 0 Å². The topological polar surface area (TPSA) is 66.7 Å². The molecule has 0 unspecified atom stereocenters. The zero-order valence-corrected chi connectivity index (χ0v) is 15.9. The van der Waals surface area contributed by atoms with Crippen molar-refractivity contribution in [2.45, 2.75) is 63.6 Å². The van der Waals surface area contributed by atoms with Crippen molar-refractivity contribution in [2.24, 2.45) is 0 Å². The molecule has 3 heterocycles. The third-order valence-corrected chi connectivity index (χ3v) is 7.97. The third kappa shape index (κ3) is 3.64. The van der Waals surface area contributed by atoms with E-state index in [1.807, 2.05) is 0 Å². The summed E-state index contributed by atoms with van der Waals surface area (Å²) in [6.07, 6.45) is 6.33. The minimum absolute atomic E-state index is 0.0851. The van der Waals surface area contributed by atoms with Crippen LogP contribution in [0.1, 0.15) is 56.4 Å². The number of piperazine rings is 1. The van der Waals surface area contributed by atoms with Gasteiger partial charge in [-0.25, -0.2) is 8.42 Å². The normalized spacial score (nSPS) is 31.2. The van der Waals surface area contributed by atoms with E-state index in [1.165, 1.54) is 32.1 Å². The molecule has 140 valence electrons. The molecule has 25 heavy (non-hydrogen) atoms. The summed E-state index contributed by atoms with van der Waals surface area (Å²) in [5.41, 5.74) is 1.09. The van der Waals surface area contributed by atoms with Crippen molar-refractivity contribution in [1.29, 1.82) is 0 Å². The second-order valence-corrected chi connectivity index (χ2v) is 10.0. The van der Waals surface area contributed by atoms with Crippen molar-refractivity contribution in [2.75, 3.05) is 31.1 Å². The van der Waals surface area contributed by atoms with E-state index >= 15 is 0 Å². The molecule has 1 aromatic heterocycles. The van der Waals surface area contributed by atoms with Gasteiger partial charge >= 0.3 is 0 Å². The van der Waals surface area contributed by atoms with Gasteiger partial charge < -0.3 is 4.52 Å². The van der Waals surface area contributed by atoms with E-state index in [4.69, 9.17) is 4.52 Å². The van der Waals surface area contributed by atoms with Crippen LogP contribution in [0.25, 0.3) is 0 Å². The van der Waals surface area contributed by atoms with Crippen LogP contribution in [-0.2, 0) is 16.4 Å². The molecule has 6 nitrogen and oxygen atoms in total. The number of nitrogens with zero attached hydrogens (tertiary/aromatic N) is 3. The Balaban J connectivity index is 1.46. The Kier molecular flexibility index (Phi) is 4.90. The van der Waals surface area contributed by atoms with Crippen molar-refractivity contribution in [1.82, 2.24) is 15.0 Å². The largest absolute Gasteiger partial charge is 0.360 e. The highest BCUT2D eigenvalue weighted by Crippen LogP contribution is 2.33. The van der Waals surface area contributed by atoms with Crippen molar-refractivity contribution >= 4 is 9.84 Å². The molecule has 0 radical (unpaired) electrons. The summed E-state index contributed by atoms with van der Waals surface area (Å²) in [6.45, 7) is 5.53. The van der Waals surface area contributed by atoms with Gasteiger partial charge in [0.1, 0.15) is 0 Å². The second kappa shape index (κ2) is 7.00. The van der Waals surface area contributed by atoms with E-state index in [0.717, 1.165) is 31.1 Å². The van der Waals surface area contributed by atoms with Gasteiger partial charge in [0.25, 0.3) is 0 Å². The number of sulfone groups is 1. The highest BCUT2D eigenvalue weighted by Gasteiger charge is 2.46. The standard InChI is InChI=1S/C18H29N3O3S/c1-2-20-8-9-21(18-13-25(22,23)12-17(18)20)11-15-10-16(19-24-15)14-6-4-3-5-7-14/h10,14,17-18H,2-9,11-13H2,1H3/t17-,18+/m0/s1. The minimum Gasteiger partial charge on any atom is -0.360 e. The maximum atomic E-state index is 12.2. The molecule has 4 rings (SSSR count). The summed E-state index contributed by atoms with van der Waals surface area (Å²) in [7, 11) is -2.94. The monoisotopic (exact) mass is 367 g/mol. The molecule has 0 spiro atoms. The van der Waals surface area contributed by atoms with Crippen LogP contribution in [0.2, 0.25) is 0 Å². The fourth-order valence-electron chi connectivity index (χ4n) is 4.88. The molecular weight excluding hydrogens is 338 g/mol. The zero-order valence-electron chi connectivity index (χ0n) is 15.1. The molecule has 0 aromatic carbocycles. The molecule has 7 heteroatoms. The Bertz CT molecular complexity index is 696. The van der Waals surface area contributed by atoms with Gasteiger partial charge in [0.15, 0.2) is 15.6 Å². The van der Waals surface area contributed by atoms with Gasteiger partial charge in [0, 0.05) is 37.2 Å². The third-order valence-electron chi connectivity index (χ3n) is 6.27. The molecule has 1 aromatic rings. The minimum atomic E-state index is -2.94. The van der Waals surface area contributed by atoms with E-state index in [0.29, 0.717) is 18.2 Å². The second-order valence-electron chi connectivity index (χ2n) is 7.86. The average Bonchev–Trinajstić information content (AvgIpc) is 3.19. The van der Waals surface area contributed by atoms with E-state index in [2.05, 4.69) is 27.9 Å². The Morgan fingerprint density at radius 2 is 1.80 bits per heavy atom. The lowest BCUT2D eigenvalue weighted by molar-refractivity contribution is 0.0386. The first kappa shape index (κ1) is 17.5. The first-order valence-corrected chi connectivity index (χ1v) is 11.5. The number of hydrogen-bond donors (Lipinski definition) is 0. The number of hydrogen-bond acceptors (Lipinski definition) is 6. The lowest BCUT2D eigenvalue weighted by Crippen LogP contribution is -2.58. The van der Waals surface area contributed by atoms with Crippen LogP contribution in [0.3, 0.4) is 0 Å². The maximum absolute atomic E-state index is 12.2. The number of aromatic nitrogens is 1. The predicted molar refractivity (Wildman–Crippen MR) is 96.2 cm³/mol. The van der Waals surface area contributed by atoms with Crippen molar-refractivity contribution in [3.05, 3.63) is 17.5 Å². The van der Waals surface area contributed by atoms with Gasteiger partial charge in [-0.2, -0.15) is 0 Å². The molecule has 0 bridgehead atoms. The number of rotatable bonds is 4. The maximum Gasteiger partial charge on any atom is 0.153 e. The summed E-state index contributed by atoms with van der Waals surface area (Å²) < 4.78 is 30.0. The number of fused-ring (bicyclic) bond motifs is 1. The summed E-state index contributed by atoms with van der Waals surface area (Å²) in [4.78, 5) is 4.62. The van der Waals surface area contributed by atoms with Crippen molar-refractivity contribution in [3.8, 4) is 0 Å². The summed E-state index contributed by atoms with van der Waals surface area (Å²) in [5, 5.41) is 4.32. The molecule has 1 aliphatic carbocycles. The summed E-state index contributed by atoms with van der Waals surface area (Å²) in [5.74, 6) is 2.00. The van der Waals surface area contributed by atoms with Crippen LogP contribution in [0.15, 0.2) is 10.6 Å². The van der Waals surface area contributed by atoms with Crippen LogP contribution in [-0.4, -0.2) is 66.6 Å². The Hall–Kier alpha value is -0.920. The van der Waals surface area contributed by atoms with E-state index < -0.39 is 9.84 Å². The van der Waals surface area contributed by atoms with Crippen molar-refractivity contribution < 1.29 is 12.9 Å². The van der Waals surface area contributed by atoms with Crippen LogP contribution in [0.4, 0.5) is 0 Å². The van der Waals surface area contributed by atoms with Crippen LogP contribution in [0.5, 0.6) is 0 Å². The average molecular weight is 368 g/mol. The predicted octanol–water partition coefficient (Wildman–Crippen LogP) is 2.03. The summed E-state index contributed by atoms with van der Waals surface area (Å²) in [6, 6.07) is 2.33. The smallest absolute Gasteiger partial charge is 0.153 e. The van der Waals surface area contributed by atoms with Gasteiger partial charge in [-0.05, 0) is 19.4 Å². The first-order chi connectivity index (χ1) is 12.1. The molecule has 3 aliphatic rings. The Morgan fingerprint density at radius 1 is 1.12 bits per heavy atom. The molecule has 1 saturated carbocycles. The highest BCUT2D eigenvalue weighted by atomic mass is 32.2. The van der Waals surface area contributed by atoms with Gasteiger partial charge in [-0.3, -0.25) is 9.80 Å². The van der Waals surface area contributed by atoms with E-state index in [1.54, 1.807) is 0 Å².